The molecule has 6 heterocycles. The van der Waals surface area contributed by atoms with Gasteiger partial charge in [0, 0.05) is 30.6 Å². The number of nitrogens with zero attached hydrogens (tertiary/aromatic N) is 11. The number of halogens is 1. The molecule has 1 aromatic carbocycles. The van der Waals surface area contributed by atoms with Crippen molar-refractivity contribution in [3.05, 3.63) is 75.7 Å². The number of phosphoric acid groups is 1. The Morgan fingerprint density at radius 2 is 1.67 bits per heavy atom. The zero-order valence-corrected chi connectivity index (χ0v) is 43.9. The first-order valence-corrected chi connectivity index (χ1v) is 28.1. The summed E-state index contributed by atoms with van der Waals surface area (Å²) in [5.41, 5.74) is 8.72. The van der Waals surface area contributed by atoms with Crippen molar-refractivity contribution in [2.24, 2.45) is 11.0 Å². The summed E-state index contributed by atoms with van der Waals surface area (Å²) < 4.78 is 89.7. The lowest BCUT2D eigenvalue weighted by molar-refractivity contribution is -0.118. The van der Waals surface area contributed by atoms with Crippen molar-refractivity contribution >= 4 is 70.7 Å². The third-order valence-corrected chi connectivity index (χ3v) is 19.1. The number of aromatic nitrogens is 8. The van der Waals surface area contributed by atoms with Gasteiger partial charge in [-0.05, 0) is 35.8 Å². The molecule has 7 rings (SSSR count). The van der Waals surface area contributed by atoms with Crippen molar-refractivity contribution in [2.75, 3.05) is 44.6 Å². The largest absolute Gasteiger partial charge is 0.475 e. The molecule has 3 N–H and O–H groups in total. The standard InChI is InChI=1S/C42H55FN14O13P2Si/c1-23(2)36(58)53-41-52-35-29(38(60)54-41)49-22-57(35)39-31(27(43)25(66-39)18-50-55-45)69-72(61,64-17-13-16-44)65-19-26-30(68-71(62-6)63-7)32(70-73(8,9)42(3,4)5)40(67-26)56-21-48-28-33(46-20-47-34(28)56)51-37(59)24-14-11-10-12-15-24/h10-12,14-15,20-23,25-27,30-32,39-40H,13,17-19H2,1-9H3,(H,46,47,51,59)(H2,52,53,54,58,60). The van der Waals surface area contributed by atoms with Crippen LogP contribution in [0.1, 0.15) is 63.9 Å². The van der Waals surface area contributed by atoms with Crippen LogP contribution in [0.3, 0.4) is 0 Å². The van der Waals surface area contributed by atoms with E-state index in [0.29, 0.717) is 5.56 Å². The second-order valence-corrected chi connectivity index (χ2v) is 26.1. The van der Waals surface area contributed by atoms with Gasteiger partial charge in [0.05, 0.1) is 51.0 Å². The van der Waals surface area contributed by atoms with Crippen LogP contribution in [0.25, 0.3) is 32.8 Å². The van der Waals surface area contributed by atoms with Gasteiger partial charge in [0.15, 0.2) is 55.1 Å². The molecular formula is C42H55FN14O13P2Si. The highest BCUT2D eigenvalue weighted by Gasteiger charge is 2.55. The summed E-state index contributed by atoms with van der Waals surface area (Å²) in [6, 6.07) is 10.4. The molecule has 0 spiro atoms. The number of hydrogen-bond acceptors (Lipinski definition) is 20. The van der Waals surface area contributed by atoms with Crippen molar-refractivity contribution in [2.45, 2.75) is 108 Å². The quantitative estimate of drug-likeness (QED) is 0.0157. The molecule has 2 aliphatic heterocycles. The second-order valence-electron chi connectivity index (χ2n) is 18.3. The highest BCUT2D eigenvalue weighted by molar-refractivity contribution is 7.48. The molecule has 9 unspecified atom stereocenters. The van der Waals surface area contributed by atoms with E-state index in [2.05, 4.69) is 50.6 Å². The fraction of sp³-hybridized carbons (Fsp3) is 0.548. The molecule has 27 nitrogen and oxygen atoms in total. The Bertz CT molecular complexity index is 2960. The zero-order valence-electron chi connectivity index (χ0n) is 41.1. The van der Waals surface area contributed by atoms with Gasteiger partial charge in [-0.15, -0.1) is 0 Å². The highest BCUT2D eigenvalue weighted by Crippen LogP contribution is 2.56. The summed E-state index contributed by atoms with van der Waals surface area (Å²) in [6.07, 6.45) is -8.45. The average molecular weight is 1070 g/mol. The third-order valence-electron chi connectivity index (χ3n) is 12.1. The van der Waals surface area contributed by atoms with Gasteiger partial charge in [-0.25, -0.2) is 28.9 Å². The number of fused-ring (bicyclic) bond motifs is 2. The maximum atomic E-state index is 16.8. The number of carbonyl (C=O) groups excluding carboxylic acids is 2. The lowest BCUT2D eigenvalue weighted by Gasteiger charge is -2.40. The summed E-state index contributed by atoms with van der Waals surface area (Å²) in [6.45, 7) is 11.6. The first-order valence-electron chi connectivity index (χ1n) is 22.7. The summed E-state index contributed by atoms with van der Waals surface area (Å²) in [7, 11) is -7.22. The average Bonchev–Trinajstić information content (AvgIpc) is 4.13. The summed E-state index contributed by atoms with van der Waals surface area (Å²) >= 11 is 0. The van der Waals surface area contributed by atoms with E-state index in [1.165, 1.54) is 26.9 Å². The van der Waals surface area contributed by atoms with Crippen LogP contribution < -0.4 is 16.2 Å². The number of phosphoric ester groups is 1. The number of nitrogens with one attached hydrogen (secondary N) is 3. The van der Waals surface area contributed by atoms with E-state index in [9.17, 15) is 19.6 Å². The van der Waals surface area contributed by atoms with Gasteiger partial charge in [-0.1, -0.05) is 57.9 Å². The fourth-order valence-corrected chi connectivity index (χ4v) is 10.8. The fourth-order valence-electron chi connectivity index (χ4n) is 7.34. The molecule has 0 bridgehead atoms. The molecule has 73 heavy (non-hydrogen) atoms. The minimum atomic E-state index is -5.07. The van der Waals surface area contributed by atoms with Gasteiger partial charge in [0.2, 0.25) is 11.9 Å². The van der Waals surface area contributed by atoms with Crippen LogP contribution in [0.5, 0.6) is 0 Å². The van der Waals surface area contributed by atoms with Crippen LogP contribution in [-0.2, 0) is 50.4 Å². The third kappa shape index (κ3) is 12.3. The molecular weight excluding hydrogens is 1020 g/mol. The van der Waals surface area contributed by atoms with Gasteiger partial charge >= 0.3 is 16.4 Å². The number of amides is 2. The summed E-state index contributed by atoms with van der Waals surface area (Å²) in [5.74, 6) is -1.58. The lowest BCUT2D eigenvalue weighted by Crippen LogP contribution is -2.49. The van der Waals surface area contributed by atoms with E-state index in [1.54, 1.807) is 48.7 Å². The minimum absolute atomic E-state index is 0.103. The number of anilines is 2. The van der Waals surface area contributed by atoms with Crippen LogP contribution in [0.15, 0.2) is 59.2 Å². The number of rotatable bonds is 22. The number of ether oxygens (including phenoxy) is 2. The van der Waals surface area contributed by atoms with E-state index in [0.717, 1.165) is 10.9 Å². The van der Waals surface area contributed by atoms with Crippen LogP contribution in [0.2, 0.25) is 18.1 Å². The summed E-state index contributed by atoms with van der Waals surface area (Å²) in [4.78, 5) is 66.0. The Morgan fingerprint density at radius 1 is 1.00 bits per heavy atom. The van der Waals surface area contributed by atoms with E-state index < -0.39 is 117 Å². The summed E-state index contributed by atoms with van der Waals surface area (Å²) in [5, 5.41) is 17.8. The number of H-pyrrole nitrogens is 1. The van der Waals surface area contributed by atoms with Gasteiger partial charge in [-0.3, -0.25) is 47.4 Å². The van der Waals surface area contributed by atoms with E-state index >= 15 is 8.96 Å². The molecule has 4 aromatic heterocycles. The van der Waals surface area contributed by atoms with Crippen molar-refractivity contribution in [1.29, 1.82) is 5.26 Å². The van der Waals surface area contributed by atoms with Gasteiger partial charge in [-0.2, -0.15) is 10.2 Å². The monoisotopic (exact) mass is 1070 g/mol. The van der Waals surface area contributed by atoms with Gasteiger partial charge in [0.25, 0.3) is 11.5 Å². The Hall–Kier alpha value is -5.69. The molecule has 0 saturated carbocycles. The molecule has 392 valence electrons. The maximum absolute atomic E-state index is 16.8. The van der Waals surface area contributed by atoms with Gasteiger partial charge in [0.1, 0.15) is 30.7 Å². The highest BCUT2D eigenvalue weighted by atomic mass is 31.2. The maximum Gasteiger partial charge on any atom is 0.475 e. The molecule has 0 radical (unpaired) electrons. The van der Waals surface area contributed by atoms with Crippen LogP contribution >= 0.6 is 16.4 Å². The second kappa shape index (κ2) is 23.2. The minimum Gasteiger partial charge on any atom is -0.407 e. The van der Waals surface area contributed by atoms with Crippen molar-refractivity contribution in [3.63, 3.8) is 0 Å². The SMILES string of the molecule is COP(OC)OC1C(COP(=O)(OCCC#N)OC2C(F)C(CN=[N+]=[N-])OC2n2cnc3c(=O)[nH]c(NC(=O)C(C)C)nc32)OC(n2cnc3c(NC(=O)c4ccccc4)ncnc32)C1O[Si](C)(C)C(C)(C)C. The zero-order chi connectivity index (χ0) is 52.8. The van der Waals surface area contributed by atoms with Crippen molar-refractivity contribution in [1.82, 2.24) is 39.0 Å². The number of hydrogen-bond donors (Lipinski definition) is 3. The molecule has 2 aliphatic rings. The topological polar surface area (TPSA) is 338 Å². The first kappa shape index (κ1) is 55.1. The Morgan fingerprint density at radius 3 is 2.33 bits per heavy atom. The lowest BCUT2D eigenvalue weighted by atomic mass is 10.1. The predicted molar refractivity (Wildman–Crippen MR) is 261 cm³/mol. The van der Waals surface area contributed by atoms with Crippen LogP contribution in [0, 0.1) is 17.2 Å². The number of aromatic amines is 1. The number of nitriles is 1. The van der Waals surface area contributed by atoms with E-state index in [4.69, 9.17) is 46.6 Å². The van der Waals surface area contributed by atoms with Gasteiger partial charge < -0.3 is 32.8 Å². The smallest absolute Gasteiger partial charge is 0.407 e. The molecule has 2 fully saturated rings. The Balaban J connectivity index is 1.26. The molecule has 31 heteroatoms. The Labute approximate surface area is 419 Å². The van der Waals surface area contributed by atoms with Crippen molar-refractivity contribution < 1.29 is 59.6 Å². The van der Waals surface area contributed by atoms with E-state index in [1.807, 2.05) is 39.9 Å². The molecule has 2 saturated heterocycles. The van der Waals surface area contributed by atoms with E-state index in [-0.39, 0.29) is 45.6 Å². The van der Waals surface area contributed by atoms with Crippen LogP contribution in [-0.4, -0.2) is 130 Å². The number of azide groups is 1. The first-order chi connectivity index (χ1) is 34.7. The normalized spacial score (nSPS) is 23.2. The number of imidazole rings is 2. The number of alkyl halides is 1. The molecule has 0 aliphatic carbocycles. The predicted octanol–water partition coefficient (Wildman–Crippen LogP) is 6.98. The van der Waals surface area contributed by atoms with Crippen LogP contribution in [0.4, 0.5) is 16.2 Å². The Kier molecular flexibility index (Phi) is 17.5. The molecule has 9 atom stereocenters. The van der Waals surface area contributed by atoms with Crippen molar-refractivity contribution in [3.8, 4) is 6.07 Å². The molecule has 2 amide bonds. The molecule has 5 aromatic rings. The number of benzene rings is 1. The number of carbonyl (C=O) groups is 2.